The number of hydrogen-bond donors (Lipinski definition) is 3. The molecule has 0 atom stereocenters. The molecule has 0 saturated heterocycles. The average Bonchev–Trinajstić information content (AvgIpc) is 2.87. The van der Waals surface area contributed by atoms with Gasteiger partial charge in [-0.3, -0.25) is 4.98 Å². The first-order valence-electron chi connectivity index (χ1n) is 10.8. The zero-order valence-electron chi connectivity index (χ0n) is 18.9. The largest absolute Gasteiger partial charge is 0.496 e. The molecular weight excluding hydrogens is 447 g/mol. The van der Waals surface area contributed by atoms with Crippen LogP contribution in [0, 0.1) is 11.2 Å². The molecule has 1 aromatic heterocycles. The molecule has 3 N–H and O–H groups in total. The Kier molecular flexibility index (Phi) is 7.32. The van der Waals surface area contributed by atoms with Crippen LogP contribution in [0.5, 0.6) is 17.2 Å². The number of halogens is 1. The van der Waals surface area contributed by atoms with Crippen LogP contribution in [-0.4, -0.2) is 24.3 Å². The minimum absolute atomic E-state index is 0.0142. The van der Waals surface area contributed by atoms with E-state index in [4.69, 9.17) is 14.9 Å². The SMILES string of the molecule is COc1ccccc1-c1cccc(NC(=O)Nc2ccc(Oc3cccnc3CC=N)c(F)c2)c1. The van der Waals surface area contributed by atoms with Crippen molar-refractivity contribution < 1.29 is 18.7 Å². The van der Waals surface area contributed by atoms with Crippen LogP contribution in [0.4, 0.5) is 20.6 Å². The molecule has 35 heavy (non-hydrogen) atoms. The van der Waals surface area contributed by atoms with Crippen molar-refractivity contribution in [1.82, 2.24) is 4.98 Å². The van der Waals surface area contributed by atoms with Crippen LogP contribution in [0.1, 0.15) is 5.69 Å². The Morgan fingerprint density at radius 2 is 1.71 bits per heavy atom. The molecular formula is C27H23FN4O3. The van der Waals surface area contributed by atoms with Crippen LogP contribution in [0.2, 0.25) is 0 Å². The minimum Gasteiger partial charge on any atom is -0.496 e. The van der Waals surface area contributed by atoms with Gasteiger partial charge in [0.2, 0.25) is 0 Å². The number of methoxy groups -OCH3 is 1. The molecule has 2 amide bonds. The second-order valence-electron chi connectivity index (χ2n) is 7.46. The van der Waals surface area contributed by atoms with E-state index in [2.05, 4.69) is 15.6 Å². The summed E-state index contributed by atoms with van der Waals surface area (Å²) in [6.07, 6.45) is 3.05. The first-order valence-corrected chi connectivity index (χ1v) is 10.8. The van der Waals surface area contributed by atoms with Crippen LogP contribution in [0.25, 0.3) is 11.1 Å². The van der Waals surface area contributed by atoms with Gasteiger partial charge in [-0.2, -0.15) is 0 Å². The Morgan fingerprint density at radius 1 is 0.943 bits per heavy atom. The number of nitrogens with one attached hydrogen (secondary N) is 3. The molecule has 0 bridgehead atoms. The lowest BCUT2D eigenvalue weighted by Crippen LogP contribution is -2.19. The van der Waals surface area contributed by atoms with E-state index in [1.807, 2.05) is 42.5 Å². The van der Waals surface area contributed by atoms with Crippen molar-refractivity contribution in [3.05, 3.63) is 96.6 Å². The molecule has 0 saturated carbocycles. The fourth-order valence-electron chi connectivity index (χ4n) is 3.49. The normalized spacial score (nSPS) is 10.3. The molecule has 0 aliphatic rings. The molecule has 0 aliphatic heterocycles. The number of carbonyl (C=O) groups excluding carboxylic acids is 1. The maximum Gasteiger partial charge on any atom is 0.323 e. The standard InChI is InChI=1S/C27H23FN4O3/c1-34-24-9-3-2-8-21(24)18-6-4-7-19(16-18)31-27(33)32-20-11-12-25(22(28)17-20)35-26-10-5-15-30-23(26)13-14-29/h2-12,14-17,29H,13H2,1H3,(H2,31,32,33). The zero-order valence-corrected chi connectivity index (χ0v) is 18.9. The van der Waals surface area contributed by atoms with Gasteiger partial charge in [-0.1, -0.05) is 30.3 Å². The molecule has 1 heterocycles. The van der Waals surface area contributed by atoms with Crippen LogP contribution in [-0.2, 0) is 6.42 Å². The Labute approximate surface area is 202 Å². The summed E-state index contributed by atoms with van der Waals surface area (Å²) < 4.78 is 25.7. The fraction of sp³-hybridized carbons (Fsp3) is 0.0741. The highest BCUT2D eigenvalue weighted by molar-refractivity contribution is 6.00. The van der Waals surface area contributed by atoms with Crippen molar-refractivity contribution in [2.24, 2.45) is 0 Å². The smallest absolute Gasteiger partial charge is 0.323 e. The van der Waals surface area contributed by atoms with Crippen LogP contribution in [0.15, 0.2) is 85.1 Å². The fourth-order valence-corrected chi connectivity index (χ4v) is 3.49. The Bertz CT molecular complexity index is 1360. The van der Waals surface area contributed by atoms with E-state index in [-0.39, 0.29) is 17.9 Å². The third-order valence-corrected chi connectivity index (χ3v) is 5.09. The van der Waals surface area contributed by atoms with E-state index >= 15 is 0 Å². The number of anilines is 2. The third kappa shape index (κ3) is 5.80. The predicted molar refractivity (Wildman–Crippen MR) is 134 cm³/mol. The quantitative estimate of drug-likeness (QED) is 0.255. The summed E-state index contributed by atoms with van der Waals surface area (Å²) in [5.41, 5.74) is 3.14. The van der Waals surface area contributed by atoms with Gasteiger partial charge in [0, 0.05) is 41.8 Å². The minimum atomic E-state index is -0.648. The van der Waals surface area contributed by atoms with Gasteiger partial charge in [0.15, 0.2) is 11.6 Å². The summed E-state index contributed by atoms with van der Waals surface area (Å²) >= 11 is 0. The van der Waals surface area contributed by atoms with Crippen LogP contribution < -0.4 is 20.1 Å². The lowest BCUT2D eigenvalue weighted by Gasteiger charge is -2.13. The molecule has 3 aromatic carbocycles. The van der Waals surface area contributed by atoms with Gasteiger partial charge in [0.05, 0.1) is 12.8 Å². The summed E-state index contributed by atoms with van der Waals surface area (Å²) in [4.78, 5) is 16.7. The van der Waals surface area contributed by atoms with E-state index in [0.29, 0.717) is 17.1 Å². The maximum atomic E-state index is 14.7. The number of aromatic nitrogens is 1. The Balaban J connectivity index is 1.44. The van der Waals surface area contributed by atoms with Gasteiger partial charge >= 0.3 is 6.03 Å². The number of rotatable bonds is 8. The number of nitrogens with zero attached hydrogens (tertiary/aromatic N) is 1. The van der Waals surface area contributed by atoms with E-state index in [0.717, 1.165) is 16.9 Å². The van der Waals surface area contributed by atoms with Crippen molar-refractivity contribution >= 4 is 23.6 Å². The number of carbonyl (C=O) groups is 1. The Hall–Kier alpha value is -4.72. The van der Waals surface area contributed by atoms with Crippen molar-refractivity contribution in [3.63, 3.8) is 0 Å². The van der Waals surface area contributed by atoms with Gasteiger partial charge in [0.25, 0.3) is 0 Å². The first kappa shape index (κ1) is 23.4. The molecule has 7 nitrogen and oxygen atoms in total. The number of amides is 2. The molecule has 0 spiro atoms. The highest BCUT2D eigenvalue weighted by Gasteiger charge is 2.12. The molecule has 8 heteroatoms. The summed E-state index contributed by atoms with van der Waals surface area (Å²) in [6.45, 7) is 0. The molecule has 0 unspecified atom stereocenters. The second kappa shape index (κ2) is 10.9. The van der Waals surface area contributed by atoms with E-state index in [1.165, 1.54) is 24.4 Å². The number of urea groups is 1. The first-order chi connectivity index (χ1) is 17.1. The van der Waals surface area contributed by atoms with Crippen LogP contribution >= 0.6 is 0 Å². The van der Waals surface area contributed by atoms with Crippen LogP contribution in [0.3, 0.4) is 0 Å². The summed E-state index contributed by atoms with van der Waals surface area (Å²) in [7, 11) is 1.61. The molecule has 0 radical (unpaired) electrons. The maximum absolute atomic E-state index is 14.7. The number of benzene rings is 3. The zero-order chi connectivity index (χ0) is 24.6. The van der Waals surface area contributed by atoms with Gasteiger partial charge < -0.3 is 25.5 Å². The average molecular weight is 471 g/mol. The number of hydrogen-bond acceptors (Lipinski definition) is 5. The van der Waals surface area contributed by atoms with Crippen molar-refractivity contribution in [3.8, 4) is 28.4 Å². The molecule has 4 rings (SSSR count). The third-order valence-electron chi connectivity index (χ3n) is 5.09. The van der Waals surface area contributed by atoms with Gasteiger partial charge in [-0.05, 0) is 48.0 Å². The van der Waals surface area contributed by atoms with E-state index in [9.17, 15) is 9.18 Å². The lowest BCUT2D eigenvalue weighted by molar-refractivity contribution is 0.262. The van der Waals surface area contributed by atoms with E-state index < -0.39 is 11.8 Å². The summed E-state index contributed by atoms with van der Waals surface area (Å²) in [5, 5.41) is 12.6. The lowest BCUT2D eigenvalue weighted by atomic mass is 10.0. The monoisotopic (exact) mass is 470 g/mol. The molecule has 0 fully saturated rings. The summed E-state index contributed by atoms with van der Waals surface area (Å²) in [6, 6.07) is 21.9. The van der Waals surface area contributed by atoms with E-state index in [1.54, 1.807) is 31.5 Å². The highest BCUT2D eigenvalue weighted by atomic mass is 19.1. The van der Waals surface area contributed by atoms with Gasteiger partial charge in [-0.25, -0.2) is 9.18 Å². The van der Waals surface area contributed by atoms with Gasteiger partial charge in [-0.15, -0.1) is 0 Å². The number of para-hydroxylation sites is 1. The highest BCUT2D eigenvalue weighted by Crippen LogP contribution is 2.31. The molecule has 176 valence electrons. The number of pyridine rings is 1. The summed E-state index contributed by atoms with van der Waals surface area (Å²) in [5.74, 6) is 0.428. The van der Waals surface area contributed by atoms with Crippen molar-refractivity contribution in [2.45, 2.75) is 6.42 Å². The second-order valence-corrected chi connectivity index (χ2v) is 7.46. The Morgan fingerprint density at radius 3 is 2.49 bits per heavy atom. The number of ether oxygens (including phenoxy) is 2. The van der Waals surface area contributed by atoms with Gasteiger partial charge in [0.1, 0.15) is 11.5 Å². The topological polar surface area (TPSA) is 96.3 Å². The molecule has 0 aliphatic carbocycles. The van der Waals surface area contributed by atoms with Crippen molar-refractivity contribution in [2.75, 3.05) is 17.7 Å². The predicted octanol–water partition coefficient (Wildman–Crippen LogP) is 6.52. The molecule has 4 aromatic rings. The van der Waals surface area contributed by atoms with Crippen molar-refractivity contribution in [1.29, 1.82) is 5.41 Å².